The minimum Gasteiger partial charge on any atom is -0.384 e. The first-order valence-electron chi connectivity index (χ1n) is 7.83. The van der Waals surface area contributed by atoms with Crippen molar-refractivity contribution < 1.29 is 4.79 Å². The fourth-order valence-corrected chi connectivity index (χ4v) is 2.68. The lowest BCUT2D eigenvalue weighted by Gasteiger charge is -2.10. The highest BCUT2D eigenvalue weighted by Gasteiger charge is 2.09. The van der Waals surface area contributed by atoms with Crippen molar-refractivity contribution >= 4 is 39.8 Å². The van der Waals surface area contributed by atoms with Gasteiger partial charge in [0.2, 0.25) is 0 Å². The Morgan fingerprint density at radius 2 is 1.58 bits per heavy atom. The van der Waals surface area contributed by atoms with Crippen molar-refractivity contribution in [3.05, 3.63) is 71.8 Å². The molecule has 1 amide bonds. The zero-order valence-corrected chi connectivity index (χ0v) is 13.8. The Morgan fingerprint density at radius 3 is 2.31 bits per heavy atom. The van der Waals surface area contributed by atoms with E-state index in [4.69, 9.17) is 22.3 Å². The Hall–Kier alpha value is -3.87. The lowest BCUT2D eigenvalue weighted by molar-refractivity contribution is 0.102. The van der Waals surface area contributed by atoms with Crippen LogP contribution in [0.4, 0.5) is 11.4 Å². The van der Waals surface area contributed by atoms with Gasteiger partial charge < -0.3 is 22.1 Å². The molecule has 0 aliphatic carbocycles. The van der Waals surface area contributed by atoms with Gasteiger partial charge in [0.1, 0.15) is 5.84 Å². The zero-order chi connectivity index (χ0) is 18.7. The number of guanidine groups is 1. The van der Waals surface area contributed by atoms with Crippen molar-refractivity contribution in [1.82, 2.24) is 0 Å². The number of benzene rings is 3. The Morgan fingerprint density at radius 1 is 0.846 bits per heavy atom. The van der Waals surface area contributed by atoms with Crippen LogP contribution in [-0.2, 0) is 0 Å². The van der Waals surface area contributed by atoms with Crippen LogP contribution in [0, 0.1) is 10.8 Å². The third-order valence-electron chi connectivity index (χ3n) is 3.83. The van der Waals surface area contributed by atoms with Gasteiger partial charge in [-0.25, -0.2) is 0 Å². The molecule has 0 unspecified atom stereocenters. The summed E-state index contributed by atoms with van der Waals surface area (Å²) in [7, 11) is 0. The third-order valence-corrected chi connectivity index (χ3v) is 3.83. The lowest BCUT2D eigenvalue weighted by atomic mass is 10.0. The smallest absolute Gasteiger partial charge is 0.255 e. The van der Waals surface area contributed by atoms with Gasteiger partial charge in [0.15, 0.2) is 5.96 Å². The SMILES string of the molecule is N=C(N)Nc1cccc(C(=O)Nc2ccc3cccc(C(=N)N)c3c2)c1. The number of nitrogen functional groups attached to an aromatic ring is 1. The average Bonchev–Trinajstić information content (AvgIpc) is 2.60. The van der Waals surface area contributed by atoms with Crippen LogP contribution >= 0.6 is 0 Å². The number of hydrogen-bond donors (Lipinski definition) is 6. The number of fused-ring (bicyclic) bond motifs is 1. The maximum atomic E-state index is 12.5. The van der Waals surface area contributed by atoms with E-state index in [2.05, 4.69) is 10.6 Å². The number of carbonyl (C=O) groups excluding carboxylic acids is 1. The van der Waals surface area contributed by atoms with Crippen LogP contribution in [-0.4, -0.2) is 17.7 Å². The van der Waals surface area contributed by atoms with E-state index < -0.39 is 0 Å². The Labute approximate surface area is 150 Å². The van der Waals surface area contributed by atoms with Crippen LogP contribution in [0.2, 0.25) is 0 Å². The van der Waals surface area contributed by atoms with E-state index >= 15 is 0 Å². The van der Waals surface area contributed by atoms with Crippen LogP contribution in [0.25, 0.3) is 10.8 Å². The summed E-state index contributed by atoms with van der Waals surface area (Å²) in [5.41, 5.74) is 13.1. The topological polar surface area (TPSA) is 141 Å². The molecule has 0 heterocycles. The number of rotatable bonds is 4. The summed E-state index contributed by atoms with van der Waals surface area (Å²) in [6, 6.07) is 17.7. The third kappa shape index (κ3) is 3.62. The summed E-state index contributed by atoms with van der Waals surface area (Å²) in [6.45, 7) is 0. The first-order chi connectivity index (χ1) is 12.4. The minimum atomic E-state index is -0.295. The first-order valence-corrected chi connectivity index (χ1v) is 7.83. The molecule has 3 aromatic carbocycles. The molecular formula is C19H18N6O. The number of carbonyl (C=O) groups is 1. The van der Waals surface area contributed by atoms with E-state index in [9.17, 15) is 4.79 Å². The molecule has 0 spiro atoms. The van der Waals surface area contributed by atoms with Crippen LogP contribution in [0.1, 0.15) is 15.9 Å². The molecule has 0 saturated heterocycles. The molecule has 0 atom stereocenters. The number of amides is 1. The molecule has 0 radical (unpaired) electrons. The summed E-state index contributed by atoms with van der Waals surface area (Å²) in [4.78, 5) is 12.5. The normalized spacial score (nSPS) is 10.3. The standard InChI is InChI=1S/C19H18N6O/c20-17(21)15-6-2-3-11-7-8-14(10-16(11)15)24-18(26)12-4-1-5-13(9-12)25-19(22)23/h1-10H,(H3,20,21)(H,24,26)(H4,22,23,25). The molecule has 0 bridgehead atoms. The van der Waals surface area contributed by atoms with Crippen molar-refractivity contribution in [1.29, 1.82) is 10.8 Å². The summed E-state index contributed by atoms with van der Waals surface area (Å²) in [6.07, 6.45) is 0. The van der Waals surface area contributed by atoms with Gasteiger partial charge in [0, 0.05) is 22.5 Å². The predicted octanol–water partition coefficient (Wildman–Crippen LogP) is 2.68. The molecule has 0 fully saturated rings. The Balaban J connectivity index is 1.89. The summed E-state index contributed by atoms with van der Waals surface area (Å²) in [5, 5.41) is 22.2. The van der Waals surface area contributed by atoms with E-state index in [1.54, 1.807) is 42.5 Å². The molecule has 0 aromatic heterocycles. The average molecular weight is 346 g/mol. The second kappa shape index (κ2) is 6.94. The molecule has 0 saturated carbocycles. The van der Waals surface area contributed by atoms with Crippen molar-refractivity contribution in [2.45, 2.75) is 0 Å². The Kier molecular flexibility index (Phi) is 4.53. The molecule has 0 aliphatic heterocycles. The van der Waals surface area contributed by atoms with Crippen molar-refractivity contribution in [3.8, 4) is 0 Å². The molecule has 26 heavy (non-hydrogen) atoms. The number of nitrogens with one attached hydrogen (secondary N) is 4. The van der Waals surface area contributed by atoms with Crippen LogP contribution in [0.5, 0.6) is 0 Å². The lowest BCUT2D eigenvalue weighted by Crippen LogP contribution is -2.20. The van der Waals surface area contributed by atoms with Gasteiger partial charge in [-0.05, 0) is 41.1 Å². The van der Waals surface area contributed by atoms with Gasteiger partial charge in [-0.2, -0.15) is 0 Å². The number of amidine groups is 1. The quantitative estimate of drug-likeness (QED) is 0.319. The van der Waals surface area contributed by atoms with E-state index in [1.165, 1.54) is 0 Å². The van der Waals surface area contributed by atoms with E-state index in [-0.39, 0.29) is 17.7 Å². The maximum Gasteiger partial charge on any atom is 0.255 e. The first kappa shape index (κ1) is 17.0. The summed E-state index contributed by atoms with van der Waals surface area (Å²) >= 11 is 0. The second-order valence-corrected chi connectivity index (χ2v) is 5.73. The molecule has 8 N–H and O–H groups in total. The molecule has 3 aromatic rings. The highest BCUT2D eigenvalue weighted by Crippen LogP contribution is 2.23. The molecule has 0 aliphatic rings. The molecular weight excluding hydrogens is 328 g/mol. The largest absolute Gasteiger partial charge is 0.384 e. The van der Waals surface area contributed by atoms with Gasteiger partial charge in [-0.3, -0.25) is 15.6 Å². The molecule has 130 valence electrons. The van der Waals surface area contributed by atoms with Gasteiger partial charge >= 0.3 is 0 Å². The fraction of sp³-hybridized carbons (Fsp3) is 0. The van der Waals surface area contributed by atoms with E-state index in [1.807, 2.05) is 18.2 Å². The fourth-order valence-electron chi connectivity index (χ4n) is 2.68. The van der Waals surface area contributed by atoms with Crippen LogP contribution < -0.4 is 22.1 Å². The van der Waals surface area contributed by atoms with Crippen LogP contribution in [0.15, 0.2) is 60.7 Å². The predicted molar refractivity (Wildman–Crippen MR) is 105 cm³/mol. The Bertz CT molecular complexity index is 1030. The van der Waals surface area contributed by atoms with Gasteiger partial charge in [-0.15, -0.1) is 0 Å². The zero-order valence-electron chi connectivity index (χ0n) is 13.8. The van der Waals surface area contributed by atoms with Crippen molar-refractivity contribution in [2.24, 2.45) is 11.5 Å². The number of hydrogen-bond acceptors (Lipinski definition) is 3. The van der Waals surface area contributed by atoms with E-state index in [0.29, 0.717) is 22.5 Å². The summed E-state index contributed by atoms with van der Waals surface area (Å²) < 4.78 is 0. The molecule has 7 nitrogen and oxygen atoms in total. The van der Waals surface area contributed by atoms with E-state index in [0.717, 1.165) is 10.8 Å². The van der Waals surface area contributed by atoms with Crippen LogP contribution in [0.3, 0.4) is 0 Å². The molecule has 3 rings (SSSR count). The monoisotopic (exact) mass is 346 g/mol. The number of anilines is 2. The van der Waals surface area contributed by atoms with Gasteiger partial charge in [0.25, 0.3) is 5.91 Å². The second-order valence-electron chi connectivity index (χ2n) is 5.73. The summed E-state index contributed by atoms with van der Waals surface area (Å²) in [5.74, 6) is -0.521. The highest BCUT2D eigenvalue weighted by molar-refractivity contribution is 6.10. The molecule has 7 heteroatoms. The maximum absolute atomic E-state index is 12.5. The van der Waals surface area contributed by atoms with Gasteiger partial charge in [-0.1, -0.05) is 30.3 Å². The minimum absolute atomic E-state index is 0.0258. The highest BCUT2D eigenvalue weighted by atomic mass is 16.1. The number of nitrogens with two attached hydrogens (primary N) is 2. The van der Waals surface area contributed by atoms with Gasteiger partial charge in [0.05, 0.1) is 0 Å². The van der Waals surface area contributed by atoms with Crippen molar-refractivity contribution in [3.63, 3.8) is 0 Å². The van der Waals surface area contributed by atoms with Crippen molar-refractivity contribution in [2.75, 3.05) is 10.6 Å².